The van der Waals surface area contributed by atoms with E-state index >= 15 is 0 Å². The highest BCUT2D eigenvalue weighted by Crippen LogP contribution is 2.19. The second-order valence-electron chi connectivity index (χ2n) is 6.85. The third kappa shape index (κ3) is 5.94. The highest BCUT2D eigenvalue weighted by Gasteiger charge is 2.09. The number of nitrogens with one attached hydrogen (secondary N) is 2. The molecule has 3 rings (SSSR count). The second-order valence-corrected chi connectivity index (χ2v) is 6.85. The minimum Gasteiger partial charge on any atom is -0.483 e. The summed E-state index contributed by atoms with van der Waals surface area (Å²) < 4.78 is 5.63. The Morgan fingerprint density at radius 3 is 2.48 bits per heavy atom. The van der Waals surface area contributed by atoms with Gasteiger partial charge in [-0.3, -0.25) is 9.59 Å². The Morgan fingerprint density at radius 1 is 0.897 bits per heavy atom. The summed E-state index contributed by atoms with van der Waals surface area (Å²) in [6, 6.07) is 22.4. The van der Waals surface area contributed by atoms with Gasteiger partial charge in [-0.2, -0.15) is 0 Å². The van der Waals surface area contributed by atoms with Crippen LogP contribution in [0.4, 0.5) is 5.69 Å². The number of benzene rings is 3. The van der Waals surface area contributed by atoms with Gasteiger partial charge in [0.05, 0.1) is 0 Å². The van der Waals surface area contributed by atoms with Crippen molar-refractivity contribution in [2.75, 3.05) is 11.9 Å². The predicted molar refractivity (Wildman–Crippen MR) is 114 cm³/mol. The summed E-state index contributed by atoms with van der Waals surface area (Å²) in [6.07, 6.45) is 0. The predicted octanol–water partition coefficient (Wildman–Crippen LogP) is 4.25. The number of ether oxygens (including phenoxy) is 1. The third-order valence-electron chi connectivity index (χ3n) is 4.41. The van der Waals surface area contributed by atoms with Crippen LogP contribution in [0.3, 0.4) is 0 Å². The highest BCUT2D eigenvalue weighted by molar-refractivity contribution is 5.97. The summed E-state index contributed by atoms with van der Waals surface area (Å²) in [6.45, 7) is 4.25. The van der Waals surface area contributed by atoms with Crippen LogP contribution < -0.4 is 15.4 Å². The van der Waals surface area contributed by atoms with E-state index in [-0.39, 0.29) is 18.4 Å². The zero-order valence-corrected chi connectivity index (χ0v) is 16.6. The van der Waals surface area contributed by atoms with Gasteiger partial charge in [-0.15, -0.1) is 0 Å². The normalized spacial score (nSPS) is 10.3. The van der Waals surface area contributed by atoms with Crippen LogP contribution in [-0.4, -0.2) is 18.4 Å². The second kappa shape index (κ2) is 9.55. The molecule has 0 radical (unpaired) electrons. The molecule has 0 aliphatic heterocycles. The molecule has 3 aromatic rings. The van der Waals surface area contributed by atoms with E-state index in [1.165, 1.54) is 0 Å². The van der Waals surface area contributed by atoms with Crippen LogP contribution in [0.2, 0.25) is 0 Å². The van der Waals surface area contributed by atoms with E-state index in [0.717, 1.165) is 16.7 Å². The molecule has 0 spiro atoms. The van der Waals surface area contributed by atoms with Crippen molar-refractivity contribution in [3.8, 4) is 5.75 Å². The summed E-state index contributed by atoms with van der Waals surface area (Å²) in [4.78, 5) is 24.6. The molecular formula is C24H24N2O3. The molecule has 0 aliphatic carbocycles. The third-order valence-corrected chi connectivity index (χ3v) is 4.41. The zero-order valence-electron chi connectivity index (χ0n) is 16.6. The first-order chi connectivity index (χ1) is 14.0. The van der Waals surface area contributed by atoms with Crippen molar-refractivity contribution < 1.29 is 14.3 Å². The van der Waals surface area contributed by atoms with E-state index in [9.17, 15) is 9.59 Å². The van der Waals surface area contributed by atoms with Crippen LogP contribution in [0.15, 0.2) is 72.8 Å². The molecule has 0 unspecified atom stereocenters. The molecule has 0 aliphatic rings. The topological polar surface area (TPSA) is 67.4 Å². The molecule has 0 saturated heterocycles. The van der Waals surface area contributed by atoms with Gasteiger partial charge in [0.2, 0.25) is 0 Å². The SMILES string of the molecule is Cc1ccc(C)c(OCC(=O)Nc2cccc(C(=O)NCc3ccccc3)c2)c1. The molecule has 5 nitrogen and oxygen atoms in total. The molecule has 0 saturated carbocycles. The van der Waals surface area contributed by atoms with Crippen molar-refractivity contribution >= 4 is 17.5 Å². The fourth-order valence-electron chi connectivity index (χ4n) is 2.82. The van der Waals surface area contributed by atoms with E-state index in [1.54, 1.807) is 24.3 Å². The Bertz CT molecular complexity index is 1000. The minimum absolute atomic E-state index is 0.102. The molecule has 0 bridgehead atoms. The van der Waals surface area contributed by atoms with E-state index in [2.05, 4.69) is 10.6 Å². The van der Waals surface area contributed by atoms with Gasteiger partial charge < -0.3 is 15.4 Å². The molecule has 5 heteroatoms. The van der Waals surface area contributed by atoms with E-state index in [4.69, 9.17) is 4.74 Å². The maximum absolute atomic E-state index is 12.4. The smallest absolute Gasteiger partial charge is 0.262 e. The van der Waals surface area contributed by atoms with Crippen molar-refractivity contribution in [1.82, 2.24) is 5.32 Å². The Kier molecular flexibility index (Phi) is 6.63. The van der Waals surface area contributed by atoms with Gasteiger partial charge in [0.25, 0.3) is 11.8 Å². The average Bonchev–Trinajstić information content (AvgIpc) is 2.73. The van der Waals surface area contributed by atoms with Crippen LogP contribution in [0.5, 0.6) is 5.75 Å². The molecule has 2 N–H and O–H groups in total. The number of amides is 2. The monoisotopic (exact) mass is 388 g/mol. The first-order valence-electron chi connectivity index (χ1n) is 9.43. The van der Waals surface area contributed by atoms with Crippen molar-refractivity contribution in [3.63, 3.8) is 0 Å². The van der Waals surface area contributed by atoms with Crippen molar-refractivity contribution in [3.05, 3.63) is 95.1 Å². The van der Waals surface area contributed by atoms with Gasteiger partial charge in [0, 0.05) is 17.8 Å². The Labute approximate surface area is 170 Å². The largest absolute Gasteiger partial charge is 0.483 e. The molecule has 2 amide bonds. The molecule has 0 atom stereocenters. The van der Waals surface area contributed by atoms with Crippen molar-refractivity contribution in [2.24, 2.45) is 0 Å². The van der Waals surface area contributed by atoms with Crippen LogP contribution in [0.25, 0.3) is 0 Å². The average molecular weight is 388 g/mol. The quantitative estimate of drug-likeness (QED) is 0.636. The van der Waals surface area contributed by atoms with E-state index in [0.29, 0.717) is 23.5 Å². The summed E-state index contributed by atoms with van der Waals surface area (Å²) in [5, 5.41) is 5.65. The Morgan fingerprint density at radius 2 is 1.69 bits per heavy atom. The lowest BCUT2D eigenvalue weighted by molar-refractivity contribution is -0.118. The molecule has 29 heavy (non-hydrogen) atoms. The molecular weight excluding hydrogens is 364 g/mol. The number of carbonyl (C=O) groups is 2. The lowest BCUT2D eigenvalue weighted by Crippen LogP contribution is -2.23. The molecule has 3 aromatic carbocycles. The van der Waals surface area contributed by atoms with E-state index < -0.39 is 0 Å². The summed E-state index contributed by atoms with van der Waals surface area (Å²) in [7, 11) is 0. The summed E-state index contributed by atoms with van der Waals surface area (Å²) >= 11 is 0. The highest BCUT2D eigenvalue weighted by atomic mass is 16.5. The van der Waals surface area contributed by atoms with Gasteiger partial charge in [0.1, 0.15) is 5.75 Å². The first-order valence-corrected chi connectivity index (χ1v) is 9.43. The van der Waals surface area contributed by atoms with Crippen LogP contribution in [0.1, 0.15) is 27.0 Å². The zero-order chi connectivity index (χ0) is 20.6. The van der Waals surface area contributed by atoms with Gasteiger partial charge in [-0.25, -0.2) is 0 Å². The minimum atomic E-state index is -0.284. The number of rotatable bonds is 7. The van der Waals surface area contributed by atoms with Crippen LogP contribution in [-0.2, 0) is 11.3 Å². The first kappa shape index (κ1) is 20.1. The van der Waals surface area contributed by atoms with Gasteiger partial charge in [-0.1, -0.05) is 48.5 Å². The molecule has 0 heterocycles. The van der Waals surface area contributed by atoms with Gasteiger partial charge >= 0.3 is 0 Å². The van der Waals surface area contributed by atoms with Gasteiger partial charge in [0.15, 0.2) is 6.61 Å². The fourth-order valence-corrected chi connectivity index (χ4v) is 2.82. The van der Waals surface area contributed by atoms with Gasteiger partial charge in [-0.05, 0) is 54.8 Å². The molecule has 0 aromatic heterocycles. The molecule has 148 valence electrons. The van der Waals surface area contributed by atoms with Crippen molar-refractivity contribution in [1.29, 1.82) is 0 Å². The number of hydrogen-bond acceptors (Lipinski definition) is 3. The Hall–Kier alpha value is -3.60. The van der Waals surface area contributed by atoms with Crippen LogP contribution in [0, 0.1) is 13.8 Å². The fraction of sp³-hybridized carbons (Fsp3) is 0.167. The molecule has 0 fully saturated rings. The summed E-state index contributed by atoms with van der Waals surface area (Å²) in [5.74, 6) is 0.207. The maximum atomic E-state index is 12.4. The number of carbonyl (C=O) groups excluding carboxylic acids is 2. The maximum Gasteiger partial charge on any atom is 0.262 e. The number of anilines is 1. The number of hydrogen-bond donors (Lipinski definition) is 2. The lowest BCUT2D eigenvalue weighted by atomic mass is 10.1. The van der Waals surface area contributed by atoms with Crippen LogP contribution >= 0.6 is 0 Å². The summed E-state index contributed by atoms with van der Waals surface area (Å²) in [5.41, 5.74) is 4.09. The standard InChI is InChI=1S/C24H24N2O3/c1-17-11-12-18(2)22(13-17)29-16-23(27)26-21-10-6-9-20(14-21)24(28)25-15-19-7-4-3-5-8-19/h3-14H,15-16H2,1-2H3,(H,25,28)(H,26,27). The number of aryl methyl sites for hydroxylation is 2. The lowest BCUT2D eigenvalue weighted by Gasteiger charge is -2.11. The van der Waals surface area contributed by atoms with Crippen molar-refractivity contribution in [2.45, 2.75) is 20.4 Å². The Balaban J connectivity index is 1.55. The van der Waals surface area contributed by atoms with E-state index in [1.807, 2.05) is 62.4 Å².